The molecule has 0 aliphatic carbocycles. The zero-order valence-electron chi connectivity index (χ0n) is 13.6. The first-order valence-electron chi connectivity index (χ1n) is 7.96. The molecule has 1 amide bonds. The molecule has 2 aromatic rings. The summed E-state index contributed by atoms with van der Waals surface area (Å²) in [5, 5.41) is 2.96. The van der Waals surface area contributed by atoms with E-state index in [4.69, 9.17) is 4.74 Å². The van der Waals surface area contributed by atoms with Crippen molar-refractivity contribution in [2.24, 2.45) is 0 Å². The van der Waals surface area contributed by atoms with E-state index in [2.05, 4.69) is 35.3 Å². The van der Waals surface area contributed by atoms with Gasteiger partial charge in [-0.2, -0.15) is 0 Å². The normalized spacial score (nSPS) is 16.6. The van der Waals surface area contributed by atoms with Gasteiger partial charge in [-0.25, -0.2) is 0 Å². The van der Waals surface area contributed by atoms with E-state index in [1.165, 1.54) is 11.3 Å². The lowest BCUT2D eigenvalue weighted by Gasteiger charge is -2.36. The maximum atomic E-state index is 12.4. The van der Waals surface area contributed by atoms with Gasteiger partial charge in [-0.1, -0.05) is 18.2 Å². The number of nitrogens with one attached hydrogen (secondary N) is 1. The molecule has 0 fully saturated rings. The number of ether oxygens (including phenoxy) is 1. The molecule has 4 heteroatoms. The van der Waals surface area contributed by atoms with Gasteiger partial charge in [0.15, 0.2) is 0 Å². The first kappa shape index (κ1) is 15.4. The van der Waals surface area contributed by atoms with Crippen LogP contribution in [-0.2, 0) is 11.2 Å². The molecule has 0 saturated carbocycles. The Kier molecular flexibility index (Phi) is 4.51. The molecule has 1 aliphatic heterocycles. The third kappa shape index (κ3) is 3.47. The molecule has 4 nitrogen and oxygen atoms in total. The number of hydrogen-bond donors (Lipinski definition) is 1. The van der Waals surface area contributed by atoms with Gasteiger partial charge in [-0.05, 0) is 55.7 Å². The summed E-state index contributed by atoms with van der Waals surface area (Å²) in [5.74, 6) is 0.778. The Morgan fingerprint density at radius 1 is 1.22 bits per heavy atom. The summed E-state index contributed by atoms with van der Waals surface area (Å²) in [6.45, 7) is 2.54. The second-order valence-corrected chi connectivity index (χ2v) is 5.92. The van der Waals surface area contributed by atoms with Crippen molar-refractivity contribution in [3.8, 4) is 5.75 Å². The van der Waals surface area contributed by atoms with Crippen molar-refractivity contribution in [3.05, 3.63) is 54.1 Å². The number of amides is 1. The SMILES string of the molecule is COc1ccc(NC(=O)CN2c3ccccc3CC[C@@H]2C)cc1. The molecule has 0 radical (unpaired) electrons. The fourth-order valence-electron chi connectivity index (χ4n) is 3.03. The molecule has 1 N–H and O–H groups in total. The van der Waals surface area contributed by atoms with E-state index in [1.807, 2.05) is 30.3 Å². The average molecular weight is 310 g/mol. The maximum absolute atomic E-state index is 12.4. The quantitative estimate of drug-likeness (QED) is 0.940. The maximum Gasteiger partial charge on any atom is 0.243 e. The molecule has 1 heterocycles. The van der Waals surface area contributed by atoms with Crippen LogP contribution in [-0.4, -0.2) is 25.6 Å². The molecule has 0 spiro atoms. The van der Waals surface area contributed by atoms with E-state index in [-0.39, 0.29) is 5.91 Å². The molecule has 2 aromatic carbocycles. The van der Waals surface area contributed by atoms with E-state index < -0.39 is 0 Å². The number of benzene rings is 2. The number of hydrogen-bond acceptors (Lipinski definition) is 3. The van der Waals surface area contributed by atoms with Crippen molar-refractivity contribution < 1.29 is 9.53 Å². The Morgan fingerprint density at radius 2 is 1.96 bits per heavy atom. The van der Waals surface area contributed by atoms with Crippen LogP contribution in [0.15, 0.2) is 48.5 Å². The van der Waals surface area contributed by atoms with Crippen molar-refractivity contribution in [2.45, 2.75) is 25.8 Å². The van der Waals surface area contributed by atoms with Crippen LogP contribution in [0.4, 0.5) is 11.4 Å². The monoisotopic (exact) mass is 310 g/mol. The number of aryl methyl sites for hydroxylation is 1. The Labute approximate surface area is 137 Å². The fraction of sp³-hybridized carbons (Fsp3) is 0.316. The lowest BCUT2D eigenvalue weighted by Crippen LogP contribution is -2.42. The summed E-state index contributed by atoms with van der Waals surface area (Å²) in [6, 6.07) is 16.1. The van der Waals surface area contributed by atoms with Gasteiger partial charge in [-0.15, -0.1) is 0 Å². The lowest BCUT2D eigenvalue weighted by molar-refractivity contribution is -0.115. The van der Waals surface area contributed by atoms with Gasteiger partial charge in [0.1, 0.15) is 5.75 Å². The average Bonchev–Trinajstić information content (AvgIpc) is 2.58. The van der Waals surface area contributed by atoms with Crippen LogP contribution in [0.2, 0.25) is 0 Å². The topological polar surface area (TPSA) is 41.6 Å². The third-order valence-electron chi connectivity index (χ3n) is 4.35. The number of fused-ring (bicyclic) bond motifs is 1. The largest absolute Gasteiger partial charge is 0.497 e. The number of carbonyl (C=O) groups is 1. The van der Waals surface area contributed by atoms with Crippen LogP contribution in [0.25, 0.3) is 0 Å². The van der Waals surface area contributed by atoms with Gasteiger partial charge in [0, 0.05) is 17.4 Å². The van der Waals surface area contributed by atoms with Crippen LogP contribution >= 0.6 is 0 Å². The van der Waals surface area contributed by atoms with E-state index in [1.54, 1.807) is 7.11 Å². The second-order valence-electron chi connectivity index (χ2n) is 5.92. The standard InChI is InChI=1S/C19H22N2O2/c1-14-7-8-15-5-3-4-6-18(15)21(14)13-19(22)20-16-9-11-17(23-2)12-10-16/h3-6,9-12,14H,7-8,13H2,1-2H3,(H,20,22)/t14-/m0/s1. The first-order valence-corrected chi connectivity index (χ1v) is 7.96. The number of methoxy groups -OCH3 is 1. The van der Waals surface area contributed by atoms with Gasteiger partial charge in [0.2, 0.25) is 5.91 Å². The van der Waals surface area contributed by atoms with Crippen molar-refractivity contribution in [1.82, 2.24) is 0 Å². The molecular weight excluding hydrogens is 288 g/mol. The molecule has 23 heavy (non-hydrogen) atoms. The molecule has 1 atom stereocenters. The van der Waals surface area contributed by atoms with Crippen LogP contribution in [0, 0.1) is 0 Å². The smallest absolute Gasteiger partial charge is 0.243 e. The Bertz CT molecular complexity index is 682. The molecule has 3 rings (SSSR count). The minimum Gasteiger partial charge on any atom is -0.497 e. The summed E-state index contributed by atoms with van der Waals surface area (Å²) < 4.78 is 5.13. The van der Waals surface area contributed by atoms with E-state index in [0.717, 1.165) is 24.3 Å². The van der Waals surface area contributed by atoms with Crippen LogP contribution in [0.1, 0.15) is 18.9 Å². The van der Waals surface area contributed by atoms with Crippen LogP contribution < -0.4 is 15.0 Å². The Hall–Kier alpha value is -2.49. The zero-order chi connectivity index (χ0) is 16.2. The van der Waals surface area contributed by atoms with Crippen molar-refractivity contribution in [2.75, 3.05) is 23.9 Å². The van der Waals surface area contributed by atoms with Gasteiger partial charge in [0.25, 0.3) is 0 Å². The highest BCUT2D eigenvalue weighted by Gasteiger charge is 2.24. The highest BCUT2D eigenvalue weighted by molar-refractivity contribution is 5.94. The summed E-state index contributed by atoms with van der Waals surface area (Å²) in [7, 11) is 1.63. The fourth-order valence-corrected chi connectivity index (χ4v) is 3.03. The predicted octanol–water partition coefficient (Wildman–Crippen LogP) is 3.48. The van der Waals surface area contributed by atoms with Crippen LogP contribution in [0.5, 0.6) is 5.75 Å². The third-order valence-corrected chi connectivity index (χ3v) is 4.35. The second kappa shape index (κ2) is 6.73. The van der Waals surface area contributed by atoms with Crippen LogP contribution in [0.3, 0.4) is 0 Å². The number of carbonyl (C=O) groups excluding carboxylic acids is 1. The number of anilines is 2. The molecule has 0 saturated heterocycles. The molecule has 1 aliphatic rings. The lowest BCUT2D eigenvalue weighted by atomic mass is 9.96. The van der Waals surface area contributed by atoms with E-state index in [0.29, 0.717) is 12.6 Å². The van der Waals surface area contributed by atoms with Gasteiger partial charge in [-0.3, -0.25) is 4.79 Å². The van der Waals surface area contributed by atoms with E-state index >= 15 is 0 Å². The molecular formula is C19H22N2O2. The highest BCUT2D eigenvalue weighted by Crippen LogP contribution is 2.30. The zero-order valence-corrected chi connectivity index (χ0v) is 13.6. The van der Waals surface area contributed by atoms with Crippen molar-refractivity contribution in [3.63, 3.8) is 0 Å². The summed E-state index contributed by atoms with van der Waals surface area (Å²) in [4.78, 5) is 14.6. The minimum atomic E-state index is -0.00119. The summed E-state index contributed by atoms with van der Waals surface area (Å²) in [6.07, 6.45) is 2.15. The van der Waals surface area contributed by atoms with Gasteiger partial charge in [0.05, 0.1) is 13.7 Å². The molecule has 0 bridgehead atoms. The highest BCUT2D eigenvalue weighted by atomic mass is 16.5. The molecule has 0 aromatic heterocycles. The van der Waals surface area contributed by atoms with Crippen molar-refractivity contribution >= 4 is 17.3 Å². The number of para-hydroxylation sites is 1. The van der Waals surface area contributed by atoms with E-state index in [9.17, 15) is 4.79 Å². The Balaban J connectivity index is 1.69. The summed E-state index contributed by atoms with van der Waals surface area (Å²) in [5.41, 5.74) is 3.28. The predicted molar refractivity (Wildman–Crippen MR) is 93.2 cm³/mol. The number of rotatable bonds is 4. The number of nitrogens with zero attached hydrogens (tertiary/aromatic N) is 1. The minimum absolute atomic E-state index is 0.00119. The van der Waals surface area contributed by atoms with Gasteiger partial charge < -0.3 is 15.0 Å². The first-order chi connectivity index (χ1) is 11.2. The van der Waals surface area contributed by atoms with Gasteiger partial charge >= 0.3 is 0 Å². The Morgan fingerprint density at radius 3 is 2.70 bits per heavy atom. The summed E-state index contributed by atoms with van der Waals surface area (Å²) >= 11 is 0. The molecule has 0 unspecified atom stereocenters. The molecule has 120 valence electrons. The van der Waals surface area contributed by atoms with Crippen molar-refractivity contribution in [1.29, 1.82) is 0 Å².